The lowest BCUT2D eigenvalue weighted by Gasteiger charge is -2.34. The van der Waals surface area contributed by atoms with Gasteiger partial charge in [-0.25, -0.2) is 9.97 Å². The zero-order valence-electron chi connectivity index (χ0n) is 21.9. The van der Waals surface area contributed by atoms with E-state index in [4.69, 9.17) is 4.74 Å². The van der Waals surface area contributed by atoms with Crippen molar-refractivity contribution >= 4 is 25.3 Å². The molecule has 0 bridgehead atoms. The number of methoxy groups -OCH3 is 1. The van der Waals surface area contributed by atoms with Gasteiger partial charge in [0.2, 0.25) is 0 Å². The second-order valence-corrected chi connectivity index (χ2v) is 9.28. The van der Waals surface area contributed by atoms with Gasteiger partial charge in [0.05, 0.1) is 19.7 Å². The van der Waals surface area contributed by atoms with Gasteiger partial charge in [0, 0.05) is 37.0 Å². The molecule has 11 heteroatoms. The monoisotopic (exact) mass is 547 g/mol. The number of piperidine rings is 1. The second kappa shape index (κ2) is 13.3. The van der Waals surface area contributed by atoms with Gasteiger partial charge in [-0.15, -0.1) is 0 Å². The first-order valence-electron chi connectivity index (χ1n) is 12.7. The Labute approximate surface area is 231 Å². The summed E-state index contributed by atoms with van der Waals surface area (Å²) in [4.78, 5) is 32.6. The van der Waals surface area contributed by atoms with Gasteiger partial charge in [-0.1, -0.05) is 36.3 Å². The normalized spacial score (nSPS) is 13.8. The van der Waals surface area contributed by atoms with Crippen LogP contribution in [0, 0.1) is 11.8 Å². The van der Waals surface area contributed by atoms with Crippen molar-refractivity contribution in [1.82, 2.24) is 15.2 Å². The fourth-order valence-electron chi connectivity index (χ4n) is 4.44. The van der Waals surface area contributed by atoms with Crippen LogP contribution in [0.3, 0.4) is 0 Å². The molecule has 40 heavy (non-hydrogen) atoms. The lowest BCUT2D eigenvalue weighted by atomic mass is 9.93. The Hall–Kier alpha value is -4.17. The van der Waals surface area contributed by atoms with Gasteiger partial charge in [-0.3, -0.25) is 4.79 Å². The van der Waals surface area contributed by atoms with E-state index in [1.54, 1.807) is 24.3 Å². The number of benzene rings is 2. The maximum absolute atomic E-state index is 13.7. The van der Waals surface area contributed by atoms with Crippen LogP contribution in [0.2, 0.25) is 0 Å². The summed E-state index contributed by atoms with van der Waals surface area (Å²) in [6, 6.07) is 14.8. The number of hydrogen-bond donors (Lipinski definition) is 1. The van der Waals surface area contributed by atoms with E-state index in [0.717, 1.165) is 49.6 Å². The quantitative estimate of drug-likeness (QED) is 0.200. The van der Waals surface area contributed by atoms with Crippen LogP contribution in [0.15, 0.2) is 54.7 Å². The van der Waals surface area contributed by atoms with Crippen LogP contribution in [0.4, 0.5) is 18.9 Å². The summed E-state index contributed by atoms with van der Waals surface area (Å²) in [6.07, 6.45) is -1.17. The fraction of sp³-hybridized carbons (Fsp3) is 0.310. The molecule has 1 aliphatic rings. The van der Waals surface area contributed by atoms with Crippen molar-refractivity contribution in [1.29, 1.82) is 0 Å². The Morgan fingerprint density at radius 2 is 1.88 bits per heavy atom. The zero-order chi connectivity index (χ0) is 28.5. The number of esters is 1. The highest BCUT2D eigenvalue weighted by atomic mass is 19.4. The van der Waals surface area contributed by atoms with E-state index in [1.807, 2.05) is 24.3 Å². The van der Waals surface area contributed by atoms with Crippen LogP contribution >= 0.6 is 0 Å². The number of anilines is 1. The number of rotatable bonds is 8. The molecule has 7 nitrogen and oxygen atoms in total. The maximum Gasteiger partial charge on any atom is 0.420 e. The number of ether oxygens (including phenoxy) is 1. The van der Waals surface area contributed by atoms with Gasteiger partial charge in [0.25, 0.3) is 7.41 Å². The summed E-state index contributed by atoms with van der Waals surface area (Å²) < 4.78 is 45.8. The molecular weight excluding hydrogens is 520 g/mol. The van der Waals surface area contributed by atoms with E-state index in [-0.39, 0.29) is 24.7 Å². The van der Waals surface area contributed by atoms with Gasteiger partial charge in [-0.2, -0.15) is 13.2 Å². The molecule has 0 unspecified atom stereocenters. The number of hydrogen-bond acceptors (Lipinski definition) is 7. The Balaban J connectivity index is 1.51. The molecule has 4 rings (SSSR count). The minimum atomic E-state index is -4.68. The number of carbonyl (C=O) groups excluding carboxylic acids is 2. The van der Waals surface area contributed by atoms with Crippen molar-refractivity contribution < 1.29 is 27.5 Å². The van der Waals surface area contributed by atoms with Gasteiger partial charge in [0.1, 0.15) is 17.1 Å². The van der Waals surface area contributed by atoms with Crippen LogP contribution in [0.5, 0.6) is 0 Å². The summed E-state index contributed by atoms with van der Waals surface area (Å²) in [6.45, 7) is 1.69. The van der Waals surface area contributed by atoms with Gasteiger partial charge in [-0.05, 0) is 54.1 Å². The fourth-order valence-corrected chi connectivity index (χ4v) is 4.44. The topological polar surface area (TPSA) is 84.4 Å². The van der Waals surface area contributed by atoms with E-state index < -0.39 is 23.4 Å². The first-order chi connectivity index (χ1) is 19.3. The van der Waals surface area contributed by atoms with Crippen molar-refractivity contribution in [2.24, 2.45) is 0 Å². The Kier molecular flexibility index (Phi) is 9.56. The lowest BCUT2D eigenvalue weighted by Crippen LogP contribution is -2.44. The van der Waals surface area contributed by atoms with E-state index in [2.05, 4.69) is 31.9 Å². The number of carbonyl (C=O) groups is 2. The third kappa shape index (κ3) is 7.70. The van der Waals surface area contributed by atoms with Crippen molar-refractivity contribution in [3.63, 3.8) is 0 Å². The molecule has 1 N–H and O–H groups in total. The first kappa shape index (κ1) is 28.8. The van der Waals surface area contributed by atoms with E-state index in [9.17, 15) is 22.8 Å². The third-order valence-electron chi connectivity index (χ3n) is 6.60. The summed E-state index contributed by atoms with van der Waals surface area (Å²) in [5.41, 5.74) is 1.41. The number of nitrogens with one attached hydrogen (secondary N) is 1. The number of halogens is 3. The molecule has 0 aliphatic carbocycles. The van der Waals surface area contributed by atoms with Crippen molar-refractivity contribution in [2.75, 3.05) is 25.1 Å². The Bertz CT molecular complexity index is 1400. The molecule has 205 valence electrons. The molecule has 1 fully saturated rings. The smallest absolute Gasteiger partial charge is 0.420 e. The number of aromatic nitrogens is 2. The molecule has 1 aliphatic heterocycles. The van der Waals surface area contributed by atoms with Crippen LogP contribution < -0.4 is 10.1 Å². The molecule has 2 heterocycles. The predicted octanol–water partition coefficient (Wildman–Crippen LogP) is 3.57. The van der Waals surface area contributed by atoms with Crippen molar-refractivity contribution in [3.05, 3.63) is 88.5 Å². The summed E-state index contributed by atoms with van der Waals surface area (Å²) in [5.74, 6) is 5.04. The molecule has 0 spiro atoms. The highest BCUT2D eigenvalue weighted by Crippen LogP contribution is 2.31. The molecular formula is C29H27BF3N4O3. The Morgan fingerprint density at radius 3 is 2.55 bits per heavy atom. The minimum Gasteiger partial charge on any atom is -0.469 e. The maximum atomic E-state index is 13.7. The Morgan fingerprint density at radius 1 is 1.15 bits per heavy atom. The molecule has 1 radical (unpaired) electrons. The summed E-state index contributed by atoms with van der Waals surface area (Å²) in [5, 5.41) is 3.10. The van der Waals surface area contributed by atoms with E-state index in [0.29, 0.717) is 11.1 Å². The van der Waals surface area contributed by atoms with E-state index >= 15 is 0 Å². The van der Waals surface area contributed by atoms with Gasteiger partial charge >= 0.3 is 12.1 Å². The lowest BCUT2D eigenvalue weighted by molar-refractivity contribution is -0.140. The zero-order valence-corrected chi connectivity index (χ0v) is 21.9. The highest BCUT2D eigenvalue weighted by Gasteiger charge is 2.34. The average molecular weight is 547 g/mol. The second-order valence-electron chi connectivity index (χ2n) is 9.28. The minimum absolute atomic E-state index is 0.0494. The third-order valence-corrected chi connectivity index (χ3v) is 6.60. The van der Waals surface area contributed by atoms with Gasteiger partial charge < -0.3 is 19.7 Å². The van der Waals surface area contributed by atoms with Gasteiger partial charge in [0.15, 0.2) is 0 Å². The molecule has 0 atom stereocenters. The standard InChI is InChI=1S/C29H27BF3N4O3/c1-40-28(39)17-22-5-3-2-4-21(22)8-11-26-25(29(31,32)33)18-34-27(35-26)16-20-6-9-24(10-7-20)37-14-12-23(13-15-37)36-30-19-38/h2-7,9-10,18-19,23,36H,12-17H2,1H3. The molecule has 1 saturated heterocycles. The highest BCUT2D eigenvalue weighted by molar-refractivity contribution is 6.64. The largest absolute Gasteiger partial charge is 0.469 e. The predicted molar refractivity (Wildman–Crippen MR) is 145 cm³/mol. The van der Waals surface area contributed by atoms with Crippen molar-refractivity contribution in [2.45, 2.75) is 37.9 Å². The summed E-state index contributed by atoms with van der Waals surface area (Å²) >= 11 is 0. The van der Waals surface area contributed by atoms with Crippen LogP contribution in [0.1, 0.15) is 46.6 Å². The number of alkyl halides is 3. The van der Waals surface area contributed by atoms with E-state index in [1.165, 1.54) is 14.5 Å². The molecule has 2 aromatic carbocycles. The number of nitrogens with zero attached hydrogens (tertiary/aromatic N) is 3. The van der Waals surface area contributed by atoms with Crippen LogP contribution in [0.25, 0.3) is 0 Å². The molecule has 0 saturated carbocycles. The molecule has 1 aromatic heterocycles. The average Bonchev–Trinajstić information content (AvgIpc) is 2.96. The summed E-state index contributed by atoms with van der Waals surface area (Å²) in [7, 11) is 2.69. The molecule has 0 amide bonds. The molecule has 3 aromatic rings. The van der Waals surface area contributed by atoms with Crippen molar-refractivity contribution in [3.8, 4) is 11.8 Å². The van der Waals surface area contributed by atoms with Crippen LogP contribution in [-0.2, 0) is 33.3 Å². The van der Waals surface area contributed by atoms with Crippen LogP contribution in [-0.4, -0.2) is 55.8 Å². The first-order valence-corrected chi connectivity index (χ1v) is 12.7. The SMILES string of the molecule is COC(=O)Cc1ccccc1C#Cc1nc(Cc2ccc(N3CCC(N[B]C=O)CC3)cc2)ncc1C(F)(F)F.